The fourth-order valence-electron chi connectivity index (χ4n) is 4.08. The van der Waals surface area contributed by atoms with E-state index in [0.29, 0.717) is 12.6 Å². The Balaban J connectivity index is 1.45. The minimum Gasteiger partial charge on any atom is -0.347 e. The molecule has 2 aromatic heterocycles. The third-order valence-corrected chi connectivity index (χ3v) is 6.99. The Morgan fingerprint density at radius 3 is 2.82 bits per heavy atom. The topological polar surface area (TPSA) is 50.2 Å². The van der Waals surface area contributed by atoms with Crippen molar-refractivity contribution in [2.45, 2.75) is 52.2 Å². The Labute approximate surface area is 170 Å². The first-order valence-corrected chi connectivity index (χ1v) is 10.9. The van der Waals surface area contributed by atoms with Crippen LogP contribution in [-0.4, -0.2) is 33.2 Å². The maximum absolute atomic E-state index is 12.7. The average Bonchev–Trinajstić information content (AvgIpc) is 3.24. The van der Waals surface area contributed by atoms with Gasteiger partial charge in [-0.25, -0.2) is 0 Å². The van der Waals surface area contributed by atoms with Crippen molar-refractivity contribution in [1.29, 1.82) is 0 Å². The number of rotatable bonds is 5. The third-order valence-electron chi connectivity index (χ3n) is 5.79. The molecule has 0 aliphatic carbocycles. The van der Waals surface area contributed by atoms with Gasteiger partial charge in [0.2, 0.25) is 0 Å². The summed E-state index contributed by atoms with van der Waals surface area (Å²) in [5, 5.41) is 8.59. The van der Waals surface area contributed by atoms with Gasteiger partial charge in [-0.2, -0.15) is 5.10 Å². The Morgan fingerprint density at radius 1 is 1.29 bits per heavy atom. The molecular formula is C22H28N4OS. The van der Waals surface area contributed by atoms with Crippen LogP contribution in [0, 0.1) is 6.92 Å². The first-order chi connectivity index (χ1) is 13.5. The number of aromatic nitrogens is 2. The van der Waals surface area contributed by atoms with Crippen molar-refractivity contribution < 1.29 is 4.79 Å². The van der Waals surface area contributed by atoms with Gasteiger partial charge in [-0.3, -0.25) is 14.4 Å². The number of carbonyl (C=O) groups is 1. The van der Waals surface area contributed by atoms with Crippen LogP contribution in [-0.2, 0) is 20.1 Å². The van der Waals surface area contributed by atoms with Crippen molar-refractivity contribution in [3.63, 3.8) is 0 Å². The fourth-order valence-corrected chi connectivity index (χ4v) is 5.11. The van der Waals surface area contributed by atoms with E-state index < -0.39 is 0 Å². The summed E-state index contributed by atoms with van der Waals surface area (Å²) in [5.41, 5.74) is 3.48. The molecule has 0 spiro atoms. The lowest BCUT2D eigenvalue weighted by molar-refractivity contribution is 0.0954. The predicted octanol–water partition coefficient (Wildman–Crippen LogP) is 4.25. The van der Waals surface area contributed by atoms with Gasteiger partial charge in [0.25, 0.3) is 5.91 Å². The first-order valence-electron chi connectivity index (χ1n) is 10.0. The minimum absolute atomic E-state index is 0.0123. The van der Waals surface area contributed by atoms with Crippen molar-refractivity contribution >= 4 is 27.5 Å². The number of amides is 1. The van der Waals surface area contributed by atoms with Gasteiger partial charge in [0, 0.05) is 31.6 Å². The Hall–Kier alpha value is -2.18. The van der Waals surface area contributed by atoms with E-state index in [1.807, 2.05) is 24.7 Å². The molecular weight excluding hydrogens is 368 g/mol. The molecule has 28 heavy (non-hydrogen) atoms. The molecule has 6 heteroatoms. The van der Waals surface area contributed by atoms with Crippen molar-refractivity contribution in [2.75, 3.05) is 6.54 Å². The second kappa shape index (κ2) is 8.05. The second-order valence-electron chi connectivity index (χ2n) is 7.81. The summed E-state index contributed by atoms with van der Waals surface area (Å²) in [6.45, 7) is 6.98. The maximum atomic E-state index is 12.7. The van der Waals surface area contributed by atoms with Gasteiger partial charge >= 0.3 is 0 Å². The molecule has 5 nitrogen and oxygen atoms in total. The molecule has 1 aromatic carbocycles. The Morgan fingerprint density at radius 2 is 2.07 bits per heavy atom. The SMILES string of the molecule is Cc1nn(C)c2sc(C(=O)NCc3ccccc3CN3CCCCC3C)cc12. The van der Waals surface area contributed by atoms with Gasteiger partial charge in [0.1, 0.15) is 4.83 Å². The van der Waals surface area contributed by atoms with E-state index in [2.05, 4.69) is 46.5 Å². The number of hydrogen-bond acceptors (Lipinski definition) is 4. The fraction of sp³-hybridized carbons (Fsp3) is 0.455. The summed E-state index contributed by atoms with van der Waals surface area (Å²) in [6, 6.07) is 11.1. The molecule has 1 saturated heterocycles. The highest BCUT2D eigenvalue weighted by atomic mass is 32.1. The van der Waals surface area contributed by atoms with E-state index >= 15 is 0 Å². The monoisotopic (exact) mass is 396 g/mol. The molecule has 0 saturated carbocycles. The Kier molecular flexibility index (Phi) is 5.51. The minimum atomic E-state index is -0.0123. The van der Waals surface area contributed by atoms with E-state index in [1.54, 1.807) is 0 Å². The largest absolute Gasteiger partial charge is 0.347 e. The molecule has 4 rings (SSSR count). The van der Waals surface area contributed by atoms with Crippen LogP contribution in [0.4, 0.5) is 0 Å². The van der Waals surface area contributed by atoms with E-state index in [1.165, 1.54) is 41.7 Å². The number of thiophene rings is 1. The molecule has 0 radical (unpaired) electrons. The number of carbonyl (C=O) groups excluding carboxylic acids is 1. The van der Waals surface area contributed by atoms with E-state index in [-0.39, 0.29) is 5.91 Å². The van der Waals surface area contributed by atoms with Crippen molar-refractivity contribution in [1.82, 2.24) is 20.0 Å². The predicted molar refractivity (Wildman–Crippen MR) is 115 cm³/mol. The van der Waals surface area contributed by atoms with Crippen molar-refractivity contribution in [3.05, 3.63) is 52.0 Å². The lowest BCUT2D eigenvalue weighted by Crippen LogP contribution is -2.37. The molecule has 1 atom stereocenters. The first kappa shape index (κ1) is 19.2. The highest BCUT2D eigenvalue weighted by Gasteiger charge is 2.20. The number of benzene rings is 1. The smallest absolute Gasteiger partial charge is 0.261 e. The number of nitrogens with one attached hydrogen (secondary N) is 1. The van der Waals surface area contributed by atoms with Gasteiger partial charge in [-0.15, -0.1) is 11.3 Å². The number of hydrogen-bond donors (Lipinski definition) is 1. The molecule has 3 aromatic rings. The summed E-state index contributed by atoms with van der Waals surface area (Å²) in [6.07, 6.45) is 3.89. The van der Waals surface area contributed by atoms with Gasteiger partial charge in [0.05, 0.1) is 10.6 Å². The normalized spacial score (nSPS) is 17.9. The van der Waals surface area contributed by atoms with Crippen LogP contribution in [0.25, 0.3) is 10.2 Å². The quantitative estimate of drug-likeness (QED) is 0.701. The van der Waals surface area contributed by atoms with Crippen molar-refractivity contribution in [3.8, 4) is 0 Å². The second-order valence-corrected chi connectivity index (χ2v) is 8.84. The van der Waals surface area contributed by atoms with Gasteiger partial charge in [-0.1, -0.05) is 30.7 Å². The van der Waals surface area contributed by atoms with Gasteiger partial charge < -0.3 is 5.32 Å². The lowest BCUT2D eigenvalue weighted by Gasteiger charge is -2.33. The molecule has 1 aliphatic heterocycles. The average molecular weight is 397 g/mol. The van der Waals surface area contributed by atoms with E-state index in [4.69, 9.17) is 0 Å². The third kappa shape index (κ3) is 3.84. The summed E-state index contributed by atoms with van der Waals surface area (Å²) in [7, 11) is 1.92. The molecule has 1 unspecified atom stereocenters. The van der Waals surface area contributed by atoms with Crippen LogP contribution >= 0.6 is 11.3 Å². The van der Waals surface area contributed by atoms with Crippen LogP contribution in [0.3, 0.4) is 0 Å². The molecule has 0 bridgehead atoms. The van der Waals surface area contributed by atoms with Crippen LogP contribution in [0.2, 0.25) is 0 Å². The zero-order valence-corrected chi connectivity index (χ0v) is 17.7. The van der Waals surface area contributed by atoms with Crippen LogP contribution < -0.4 is 5.32 Å². The zero-order chi connectivity index (χ0) is 19.7. The van der Waals surface area contributed by atoms with Crippen LogP contribution in [0.1, 0.15) is 52.7 Å². The number of fused-ring (bicyclic) bond motifs is 1. The van der Waals surface area contributed by atoms with Gasteiger partial charge in [0.15, 0.2) is 0 Å². The number of aryl methyl sites for hydroxylation is 2. The highest BCUT2D eigenvalue weighted by molar-refractivity contribution is 7.20. The molecule has 148 valence electrons. The summed E-state index contributed by atoms with van der Waals surface area (Å²) in [5.74, 6) is -0.0123. The zero-order valence-electron chi connectivity index (χ0n) is 16.9. The standard InChI is InChI=1S/C22H28N4OS/c1-15-8-6-7-11-26(15)14-18-10-5-4-9-17(18)13-23-21(27)20-12-19-16(2)24-25(3)22(19)28-20/h4-5,9-10,12,15H,6-8,11,13-14H2,1-3H3,(H,23,27). The molecule has 1 N–H and O–H groups in total. The molecule has 1 amide bonds. The summed E-state index contributed by atoms with van der Waals surface area (Å²) < 4.78 is 1.85. The molecule has 1 fully saturated rings. The lowest BCUT2D eigenvalue weighted by atomic mass is 10.0. The Bertz CT molecular complexity index is 955. The summed E-state index contributed by atoms with van der Waals surface area (Å²) >= 11 is 1.50. The highest BCUT2D eigenvalue weighted by Crippen LogP contribution is 2.27. The number of likely N-dealkylation sites (tertiary alicyclic amines) is 1. The molecule has 1 aliphatic rings. The number of piperidine rings is 1. The van der Waals surface area contributed by atoms with Crippen molar-refractivity contribution in [2.24, 2.45) is 7.05 Å². The number of nitrogens with zero attached hydrogens (tertiary/aromatic N) is 3. The van der Waals surface area contributed by atoms with Crippen LogP contribution in [0.15, 0.2) is 30.3 Å². The van der Waals surface area contributed by atoms with Crippen LogP contribution in [0.5, 0.6) is 0 Å². The van der Waals surface area contributed by atoms with E-state index in [9.17, 15) is 4.79 Å². The summed E-state index contributed by atoms with van der Waals surface area (Å²) in [4.78, 5) is 17.1. The van der Waals surface area contributed by atoms with E-state index in [0.717, 1.165) is 33.9 Å². The van der Waals surface area contributed by atoms with Gasteiger partial charge in [-0.05, 0) is 50.4 Å². The maximum Gasteiger partial charge on any atom is 0.261 e. The molecule has 3 heterocycles.